The molecule has 0 saturated heterocycles. The van der Waals surface area contributed by atoms with E-state index in [-0.39, 0.29) is 0 Å². The second-order valence-corrected chi connectivity index (χ2v) is 20.0. The molecule has 6 nitrogen and oxygen atoms in total. The molecule has 7 heteroatoms. The van der Waals surface area contributed by atoms with Gasteiger partial charge in [-0.25, -0.2) is 19.8 Å². The fourth-order valence-electron chi connectivity index (χ4n) is 9.43. The van der Waals surface area contributed by atoms with Crippen LogP contribution in [0, 0.1) is 17.9 Å². The number of aromatic nitrogens is 4. The van der Waals surface area contributed by atoms with Crippen LogP contribution < -0.4 is 20.7 Å². The zero-order valence-electron chi connectivity index (χ0n) is 35.6. The molecule has 0 aliphatic carbocycles. The molecule has 11 aromatic rings. The van der Waals surface area contributed by atoms with Crippen molar-refractivity contribution in [3.8, 4) is 57.0 Å². The van der Waals surface area contributed by atoms with Crippen molar-refractivity contribution in [2.45, 2.75) is 0 Å². The van der Waals surface area contributed by atoms with Gasteiger partial charge in [-0.1, -0.05) is 194 Å². The van der Waals surface area contributed by atoms with E-state index in [4.69, 9.17) is 21.5 Å². The van der Waals surface area contributed by atoms with Gasteiger partial charge < -0.3 is 4.57 Å². The van der Waals surface area contributed by atoms with Gasteiger partial charge in [0, 0.05) is 27.6 Å². The van der Waals surface area contributed by atoms with E-state index < -0.39 is 8.07 Å². The van der Waals surface area contributed by atoms with E-state index >= 15 is 0 Å². The molecule has 0 N–H and O–H groups in total. The minimum absolute atomic E-state index is 0.529. The van der Waals surface area contributed by atoms with E-state index in [9.17, 15) is 5.26 Å². The van der Waals surface area contributed by atoms with Gasteiger partial charge in [-0.15, -0.1) is 0 Å². The third-order valence-electron chi connectivity index (χ3n) is 12.4. The lowest BCUT2D eigenvalue weighted by molar-refractivity contribution is 1.07. The molecular weight excluding hydrogens is 821 g/mol. The number of fused-ring (bicyclic) bond motifs is 3. The quantitative estimate of drug-likeness (QED) is 0.0823. The van der Waals surface area contributed by atoms with Crippen molar-refractivity contribution in [3.63, 3.8) is 0 Å². The van der Waals surface area contributed by atoms with Crippen LogP contribution in [0.4, 0.5) is 5.69 Å². The van der Waals surface area contributed by atoms with Gasteiger partial charge in [0.15, 0.2) is 31.2 Å². The van der Waals surface area contributed by atoms with Crippen molar-refractivity contribution < 1.29 is 0 Å². The molecule has 0 atom stereocenters. The van der Waals surface area contributed by atoms with Crippen LogP contribution in [0.2, 0.25) is 0 Å². The topological polar surface area (TPSA) is 71.8 Å². The molecule has 2 heterocycles. The Morgan fingerprint density at radius 1 is 0.424 bits per heavy atom. The summed E-state index contributed by atoms with van der Waals surface area (Å²) in [6.45, 7) is 7.91. The standard InChI is InChI=1S/C59H38N6Si/c1-61-46-32-35-55-53(39-46)52-36-41(40-60)30-34-54(52)65(55)56-38-45(59-63-57(42-18-7-2-8-19-42)62-58(64-59)43-20-9-3-10-21-43)31-33-51(56)44-22-17-29-50(37-44)66(47-23-11-4-12-24-47,48-25-13-5-14-26-48)49-27-15-6-16-28-49/h2-39H. The Morgan fingerprint density at radius 3 is 1.42 bits per heavy atom. The van der Waals surface area contributed by atoms with Crippen LogP contribution in [0.1, 0.15) is 5.56 Å². The maximum absolute atomic E-state index is 10.1. The van der Waals surface area contributed by atoms with Gasteiger partial charge in [0.2, 0.25) is 0 Å². The molecule has 11 rings (SSSR count). The van der Waals surface area contributed by atoms with Crippen molar-refractivity contribution in [2.75, 3.05) is 0 Å². The first-order chi connectivity index (χ1) is 32.6. The van der Waals surface area contributed by atoms with Crippen molar-refractivity contribution in [1.29, 1.82) is 5.26 Å². The van der Waals surface area contributed by atoms with Gasteiger partial charge in [-0.2, -0.15) is 5.26 Å². The molecule has 9 aromatic carbocycles. The van der Waals surface area contributed by atoms with E-state index in [0.29, 0.717) is 28.7 Å². The molecule has 0 unspecified atom stereocenters. The van der Waals surface area contributed by atoms with E-state index in [0.717, 1.165) is 55.3 Å². The summed E-state index contributed by atoms with van der Waals surface area (Å²) in [7, 11) is -2.89. The molecule has 66 heavy (non-hydrogen) atoms. The molecule has 2 aromatic heterocycles. The van der Waals surface area contributed by atoms with Gasteiger partial charge in [0.1, 0.15) is 0 Å². The van der Waals surface area contributed by atoms with Crippen LogP contribution in [0.5, 0.6) is 0 Å². The number of nitrogens with zero attached hydrogens (tertiary/aromatic N) is 6. The van der Waals surface area contributed by atoms with Crippen molar-refractivity contribution in [2.24, 2.45) is 0 Å². The van der Waals surface area contributed by atoms with Gasteiger partial charge in [0.05, 0.1) is 34.9 Å². The average molecular weight is 859 g/mol. The predicted molar refractivity (Wildman–Crippen MR) is 271 cm³/mol. The Bertz CT molecular complexity index is 3430. The second kappa shape index (κ2) is 16.9. The first-order valence-corrected chi connectivity index (χ1v) is 23.8. The summed E-state index contributed by atoms with van der Waals surface area (Å²) < 4.78 is 2.26. The number of rotatable bonds is 9. The predicted octanol–water partition coefficient (Wildman–Crippen LogP) is 11.4. The summed E-state index contributed by atoms with van der Waals surface area (Å²) in [5.74, 6) is 1.69. The molecule has 308 valence electrons. The van der Waals surface area contributed by atoms with Crippen LogP contribution in [-0.4, -0.2) is 27.6 Å². The lowest BCUT2D eigenvalue weighted by atomic mass is 10.0. The summed E-state index contributed by atoms with van der Waals surface area (Å²) in [6.07, 6.45) is 0. The SMILES string of the molecule is [C-]#[N+]c1ccc2c(c1)c1cc(C#N)ccc1n2-c1cc(-c2nc(-c3ccccc3)nc(-c3ccccc3)n2)ccc1-c1cccc([Si](c2ccccc2)(c2ccccc2)c2ccccc2)c1. The molecule has 0 aliphatic rings. The largest absolute Gasteiger partial charge is 0.309 e. The van der Waals surface area contributed by atoms with E-state index in [1.807, 2.05) is 97.1 Å². The molecule has 0 amide bonds. The average Bonchev–Trinajstić information content (AvgIpc) is 3.72. The number of hydrogen-bond donors (Lipinski definition) is 0. The smallest absolute Gasteiger partial charge is 0.188 e. The van der Waals surface area contributed by atoms with Crippen LogP contribution in [0.3, 0.4) is 0 Å². The third-order valence-corrected chi connectivity index (χ3v) is 17.2. The van der Waals surface area contributed by atoms with Crippen LogP contribution >= 0.6 is 0 Å². The highest BCUT2D eigenvalue weighted by Gasteiger charge is 2.41. The Kier molecular flexibility index (Phi) is 10.2. The van der Waals surface area contributed by atoms with E-state index in [2.05, 4.69) is 149 Å². The lowest BCUT2D eigenvalue weighted by Crippen LogP contribution is -2.74. The van der Waals surface area contributed by atoms with Gasteiger partial charge in [0.25, 0.3) is 0 Å². The highest BCUT2D eigenvalue weighted by Crippen LogP contribution is 2.40. The number of hydrogen-bond acceptors (Lipinski definition) is 4. The minimum atomic E-state index is -2.89. The zero-order chi connectivity index (χ0) is 44.5. The highest BCUT2D eigenvalue weighted by atomic mass is 28.3. The van der Waals surface area contributed by atoms with Crippen LogP contribution in [-0.2, 0) is 0 Å². The first-order valence-electron chi connectivity index (χ1n) is 21.8. The lowest BCUT2D eigenvalue weighted by Gasteiger charge is -2.34. The monoisotopic (exact) mass is 858 g/mol. The molecule has 0 fully saturated rings. The summed E-state index contributed by atoms with van der Waals surface area (Å²) in [5, 5.41) is 17.0. The molecule has 0 radical (unpaired) electrons. The van der Waals surface area contributed by atoms with Crippen LogP contribution in [0.25, 0.3) is 77.6 Å². The molecular formula is C59H38N6Si. The third kappa shape index (κ3) is 6.94. The van der Waals surface area contributed by atoms with E-state index in [1.165, 1.54) is 20.7 Å². The first kappa shape index (κ1) is 39.8. The fraction of sp³-hybridized carbons (Fsp3) is 0. The second-order valence-electron chi connectivity index (χ2n) is 16.2. The maximum atomic E-state index is 10.1. The van der Waals surface area contributed by atoms with Crippen molar-refractivity contribution in [1.82, 2.24) is 19.5 Å². The summed E-state index contributed by atoms with van der Waals surface area (Å²) in [5.41, 5.74) is 8.43. The summed E-state index contributed by atoms with van der Waals surface area (Å²) in [6, 6.07) is 82.4. The van der Waals surface area contributed by atoms with Crippen LogP contribution in [0.15, 0.2) is 231 Å². The maximum Gasteiger partial charge on any atom is 0.188 e. The van der Waals surface area contributed by atoms with Crippen molar-refractivity contribution >= 4 is 56.3 Å². The zero-order valence-corrected chi connectivity index (χ0v) is 36.6. The Labute approximate surface area is 383 Å². The Balaban J connectivity index is 1.21. The van der Waals surface area contributed by atoms with Gasteiger partial charge in [-0.3, -0.25) is 0 Å². The van der Waals surface area contributed by atoms with Gasteiger partial charge >= 0.3 is 0 Å². The Hall–Kier alpha value is -9.01. The normalized spacial score (nSPS) is 11.3. The molecule has 0 aliphatic heterocycles. The van der Waals surface area contributed by atoms with Gasteiger partial charge in [-0.05, 0) is 68.1 Å². The summed E-state index contributed by atoms with van der Waals surface area (Å²) >= 11 is 0. The number of benzene rings is 9. The fourth-order valence-corrected chi connectivity index (χ4v) is 14.2. The Morgan fingerprint density at radius 2 is 0.894 bits per heavy atom. The molecule has 0 saturated carbocycles. The molecule has 0 spiro atoms. The van der Waals surface area contributed by atoms with E-state index in [1.54, 1.807) is 0 Å². The highest BCUT2D eigenvalue weighted by molar-refractivity contribution is 7.19. The minimum Gasteiger partial charge on any atom is -0.309 e. The molecule has 0 bridgehead atoms. The summed E-state index contributed by atoms with van der Waals surface area (Å²) in [4.78, 5) is 19.1. The van der Waals surface area contributed by atoms with Crippen molar-refractivity contribution in [3.05, 3.63) is 248 Å². The number of nitriles is 1.